The third-order valence-corrected chi connectivity index (χ3v) is 6.83. The van der Waals surface area contributed by atoms with Crippen molar-refractivity contribution in [3.63, 3.8) is 0 Å². The van der Waals surface area contributed by atoms with Crippen LogP contribution in [0.3, 0.4) is 0 Å². The molecule has 1 saturated heterocycles. The molecule has 8 heteroatoms. The number of methoxy groups -OCH3 is 1. The summed E-state index contributed by atoms with van der Waals surface area (Å²) >= 11 is 0. The Labute approximate surface area is 221 Å². The molecule has 0 saturated carbocycles. The van der Waals surface area contributed by atoms with Gasteiger partial charge in [-0.15, -0.1) is 0 Å². The maximum absolute atomic E-state index is 13.9. The molecule has 0 radical (unpaired) electrons. The molecule has 4 aromatic rings. The molecule has 1 aliphatic rings. The van der Waals surface area contributed by atoms with Crippen LogP contribution >= 0.6 is 0 Å². The second kappa shape index (κ2) is 10.8. The highest BCUT2D eigenvalue weighted by molar-refractivity contribution is 5.98. The number of carbonyl (C=O) groups excluding carboxylic acids is 2. The molecule has 38 heavy (non-hydrogen) atoms. The van der Waals surface area contributed by atoms with Crippen molar-refractivity contribution >= 4 is 17.6 Å². The number of hydrogen-bond acceptors (Lipinski definition) is 3. The van der Waals surface area contributed by atoms with Gasteiger partial charge in [-0.25, -0.2) is 9.18 Å². The minimum Gasteiger partial charge on any atom is -0.497 e. The summed E-state index contributed by atoms with van der Waals surface area (Å²) in [6.45, 7) is 3.42. The topological polar surface area (TPSA) is 66.8 Å². The zero-order valence-electron chi connectivity index (χ0n) is 21.4. The first kappa shape index (κ1) is 25.1. The summed E-state index contributed by atoms with van der Waals surface area (Å²) < 4.78 is 21.5. The van der Waals surface area contributed by atoms with E-state index in [1.807, 2.05) is 67.6 Å². The van der Waals surface area contributed by atoms with Crippen LogP contribution in [0.5, 0.6) is 5.75 Å². The molecular weight excluding hydrogens is 483 g/mol. The van der Waals surface area contributed by atoms with Crippen LogP contribution in [-0.4, -0.2) is 59.6 Å². The second-order valence-electron chi connectivity index (χ2n) is 9.12. The summed E-state index contributed by atoms with van der Waals surface area (Å²) in [4.78, 5) is 29.7. The predicted molar refractivity (Wildman–Crippen MR) is 145 cm³/mol. The van der Waals surface area contributed by atoms with Crippen molar-refractivity contribution in [2.24, 2.45) is 0 Å². The lowest BCUT2D eigenvalue weighted by Gasteiger charge is -2.34. The van der Waals surface area contributed by atoms with Crippen LogP contribution in [0.4, 0.5) is 14.9 Å². The zero-order chi connectivity index (χ0) is 26.6. The summed E-state index contributed by atoms with van der Waals surface area (Å²) in [5.41, 5.74) is 4.36. The highest BCUT2D eigenvalue weighted by atomic mass is 19.1. The molecule has 3 aromatic carbocycles. The average Bonchev–Trinajstić information content (AvgIpc) is 3.31. The molecule has 194 valence electrons. The quantitative estimate of drug-likeness (QED) is 0.379. The van der Waals surface area contributed by atoms with Gasteiger partial charge in [0.25, 0.3) is 5.91 Å². The van der Waals surface area contributed by atoms with Gasteiger partial charge in [0.1, 0.15) is 11.6 Å². The number of anilines is 1. The molecule has 5 rings (SSSR count). The molecular formula is C30H29FN4O3. The highest BCUT2D eigenvalue weighted by Crippen LogP contribution is 2.32. The van der Waals surface area contributed by atoms with Gasteiger partial charge < -0.3 is 24.4 Å². The largest absolute Gasteiger partial charge is 0.497 e. The van der Waals surface area contributed by atoms with Gasteiger partial charge in [0.2, 0.25) is 0 Å². The van der Waals surface area contributed by atoms with Crippen LogP contribution < -0.4 is 10.1 Å². The van der Waals surface area contributed by atoms with E-state index in [2.05, 4.69) is 9.88 Å². The summed E-state index contributed by atoms with van der Waals surface area (Å²) in [5, 5.41) is 2.62. The minimum atomic E-state index is -0.486. The Balaban J connectivity index is 1.37. The Morgan fingerprint density at radius 3 is 2.24 bits per heavy atom. The molecule has 1 N–H and O–H groups in total. The van der Waals surface area contributed by atoms with Crippen molar-refractivity contribution in [2.45, 2.75) is 6.92 Å². The van der Waals surface area contributed by atoms with E-state index in [1.165, 1.54) is 12.1 Å². The van der Waals surface area contributed by atoms with Gasteiger partial charge in [-0.05, 0) is 49.4 Å². The molecule has 2 heterocycles. The Morgan fingerprint density at radius 2 is 1.53 bits per heavy atom. The number of urea groups is 1. The van der Waals surface area contributed by atoms with Crippen molar-refractivity contribution in [1.82, 2.24) is 14.4 Å². The number of piperazine rings is 1. The van der Waals surface area contributed by atoms with Crippen molar-refractivity contribution in [1.29, 1.82) is 0 Å². The van der Waals surface area contributed by atoms with E-state index >= 15 is 0 Å². The van der Waals surface area contributed by atoms with Gasteiger partial charge in [0.15, 0.2) is 0 Å². The molecule has 7 nitrogen and oxygen atoms in total. The Hall–Kier alpha value is -4.59. The van der Waals surface area contributed by atoms with E-state index in [1.54, 1.807) is 29.0 Å². The zero-order valence-corrected chi connectivity index (χ0v) is 21.4. The Morgan fingerprint density at radius 1 is 0.842 bits per heavy atom. The van der Waals surface area contributed by atoms with Gasteiger partial charge in [-0.2, -0.15) is 0 Å². The second-order valence-corrected chi connectivity index (χ2v) is 9.12. The number of ether oxygens (including phenoxy) is 1. The highest BCUT2D eigenvalue weighted by Gasteiger charge is 2.28. The lowest BCUT2D eigenvalue weighted by atomic mass is 10.1. The molecule has 1 aromatic heterocycles. The SMILES string of the molecule is COc1cccc(-c2cc(C(=O)N3CCN(C(=O)Nc4ccccc4F)CC3)c(C)n2-c2ccccc2)c1. The molecule has 0 spiro atoms. The van der Waals surface area contributed by atoms with Gasteiger partial charge in [0.05, 0.1) is 24.1 Å². The number of para-hydroxylation sites is 2. The van der Waals surface area contributed by atoms with Gasteiger partial charge >= 0.3 is 6.03 Å². The molecule has 0 bridgehead atoms. The molecule has 1 aliphatic heterocycles. The first-order valence-corrected chi connectivity index (χ1v) is 12.5. The van der Waals surface area contributed by atoms with Crippen molar-refractivity contribution in [3.05, 3.63) is 102 Å². The number of carbonyl (C=O) groups is 2. The normalized spacial score (nSPS) is 13.3. The van der Waals surface area contributed by atoms with E-state index in [9.17, 15) is 14.0 Å². The van der Waals surface area contributed by atoms with Crippen LogP contribution in [0.2, 0.25) is 0 Å². The standard InChI is InChI=1S/C30H29FN4O3/c1-21-25(20-28(22-9-8-12-24(19-22)38-2)35(21)23-10-4-3-5-11-23)29(36)33-15-17-34(18-16-33)30(37)32-27-14-7-6-13-26(27)31/h3-14,19-20H,15-18H2,1-2H3,(H,32,37). The third-order valence-electron chi connectivity index (χ3n) is 6.83. The van der Waals surface area contributed by atoms with Gasteiger partial charge in [0, 0.05) is 43.1 Å². The maximum Gasteiger partial charge on any atom is 0.322 e. The summed E-state index contributed by atoms with van der Waals surface area (Å²) in [5.74, 6) is 0.161. The maximum atomic E-state index is 13.9. The van der Waals surface area contributed by atoms with E-state index in [0.717, 1.165) is 28.4 Å². The fraction of sp³-hybridized carbons (Fsp3) is 0.200. The lowest BCUT2D eigenvalue weighted by Crippen LogP contribution is -2.51. The van der Waals surface area contributed by atoms with E-state index in [-0.39, 0.29) is 17.6 Å². The molecule has 0 aliphatic carbocycles. The van der Waals surface area contributed by atoms with Crippen molar-refractivity contribution < 1.29 is 18.7 Å². The molecule has 0 unspecified atom stereocenters. The average molecular weight is 513 g/mol. The monoisotopic (exact) mass is 512 g/mol. The number of hydrogen-bond donors (Lipinski definition) is 1. The number of nitrogens with one attached hydrogen (secondary N) is 1. The van der Waals surface area contributed by atoms with Gasteiger partial charge in [-0.1, -0.05) is 42.5 Å². The number of rotatable bonds is 5. The Kier molecular flexibility index (Phi) is 7.13. The van der Waals surface area contributed by atoms with E-state index in [4.69, 9.17) is 4.74 Å². The smallest absolute Gasteiger partial charge is 0.322 e. The van der Waals surface area contributed by atoms with Crippen LogP contribution in [0.15, 0.2) is 84.9 Å². The van der Waals surface area contributed by atoms with Crippen LogP contribution in [-0.2, 0) is 0 Å². The van der Waals surface area contributed by atoms with Gasteiger partial charge in [-0.3, -0.25) is 4.79 Å². The fourth-order valence-electron chi connectivity index (χ4n) is 4.77. The summed E-state index contributed by atoms with van der Waals surface area (Å²) in [6, 6.07) is 25.3. The predicted octanol–water partition coefficient (Wildman–Crippen LogP) is 5.59. The summed E-state index contributed by atoms with van der Waals surface area (Å²) in [6.07, 6.45) is 0. The van der Waals surface area contributed by atoms with E-state index < -0.39 is 5.82 Å². The summed E-state index contributed by atoms with van der Waals surface area (Å²) in [7, 11) is 1.63. The van der Waals surface area contributed by atoms with Crippen LogP contribution in [0.1, 0.15) is 16.1 Å². The number of benzene rings is 3. The molecule has 1 fully saturated rings. The molecule has 0 atom stereocenters. The van der Waals surface area contributed by atoms with Crippen molar-refractivity contribution in [3.8, 4) is 22.7 Å². The Bertz CT molecular complexity index is 1460. The number of aromatic nitrogens is 1. The van der Waals surface area contributed by atoms with Crippen molar-refractivity contribution in [2.75, 3.05) is 38.6 Å². The fourth-order valence-corrected chi connectivity index (χ4v) is 4.77. The number of halogens is 1. The number of amides is 3. The number of nitrogens with zero attached hydrogens (tertiary/aromatic N) is 3. The third kappa shape index (κ3) is 4.98. The molecule has 3 amide bonds. The van der Waals surface area contributed by atoms with Crippen LogP contribution in [0, 0.1) is 12.7 Å². The minimum absolute atomic E-state index is 0.0875. The first-order valence-electron chi connectivity index (χ1n) is 12.5. The van der Waals surface area contributed by atoms with E-state index in [0.29, 0.717) is 31.7 Å². The first-order chi connectivity index (χ1) is 18.5. The van der Waals surface area contributed by atoms with Crippen LogP contribution in [0.25, 0.3) is 16.9 Å². The lowest BCUT2D eigenvalue weighted by molar-refractivity contribution is 0.0671.